The van der Waals surface area contributed by atoms with E-state index in [1.807, 2.05) is 45.3 Å². The van der Waals surface area contributed by atoms with Gasteiger partial charge in [0.2, 0.25) is 0 Å². The monoisotopic (exact) mass is 1090 g/mol. The van der Waals surface area contributed by atoms with Crippen molar-refractivity contribution in [2.75, 3.05) is 0 Å². The molecule has 0 saturated heterocycles. The third-order valence-corrected chi connectivity index (χ3v) is 22.5. The van der Waals surface area contributed by atoms with E-state index in [4.69, 9.17) is 8.75 Å². The van der Waals surface area contributed by atoms with Crippen LogP contribution in [0.2, 0.25) is 0 Å². The zero-order chi connectivity index (χ0) is 45.9. The molecule has 5 aromatic heterocycles. The standard InChI is InChI=1S/C56H74Br2N2S5/c1-9-17-21-35(13-5)31-55(32-36(14-6)22-18-10-2)41-27-45(61-51(41)53-43(55)29-47(57)63-53)39-25-26-40(50-49(39)59-65-60-50)46-28-42-52(62-46)54-44(30-48(58)64-54)56(42,33-37(15-7)23-19-11-3)34-38(16-8)24-20-12-4/h25-30,35-38H,9-24,31-34H2,1-8H3. The van der Waals surface area contributed by atoms with Crippen LogP contribution >= 0.6 is 88.9 Å². The van der Waals surface area contributed by atoms with Gasteiger partial charge < -0.3 is 0 Å². The highest BCUT2D eigenvalue weighted by Gasteiger charge is 2.49. The Morgan fingerprint density at radius 3 is 1.06 bits per heavy atom. The summed E-state index contributed by atoms with van der Waals surface area (Å²) >= 11 is 17.4. The highest BCUT2D eigenvalue weighted by Crippen LogP contribution is 2.65. The average molecular weight is 1100 g/mol. The Morgan fingerprint density at radius 2 is 0.754 bits per heavy atom. The number of nitrogens with zero attached hydrogens (tertiary/aromatic N) is 2. The van der Waals surface area contributed by atoms with Crippen molar-refractivity contribution >= 4 is 100.0 Å². The zero-order valence-corrected chi connectivity index (χ0v) is 47.9. The fraction of sp³-hybridized carbons (Fsp3) is 0.607. The predicted molar refractivity (Wildman–Crippen MR) is 299 cm³/mol. The minimum absolute atomic E-state index is 0.0461. The van der Waals surface area contributed by atoms with E-state index >= 15 is 0 Å². The minimum Gasteiger partial charge on any atom is -0.172 e. The molecule has 0 amide bonds. The molecule has 352 valence electrons. The lowest BCUT2D eigenvalue weighted by Gasteiger charge is -2.37. The van der Waals surface area contributed by atoms with Crippen molar-refractivity contribution in [2.45, 2.75) is 195 Å². The number of hydrogen-bond acceptors (Lipinski definition) is 7. The Labute approximate surface area is 429 Å². The SMILES string of the molecule is CCCCC(CC)CC1(CC(CC)CCCC)c2cc(Br)sc2-c2sc(-c3ccc(-c4cc5c(s4)-c4sc(Br)cc4C5(CC(CC)CCCC)CC(CC)CCCC)c4nsnc34)cc21. The molecule has 0 saturated carbocycles. The molecule has 5 heterocycles. The number of hydrogen-bond donors (Lipinski definition) is 0. The van der Waals surface area contributed by atoms with E-state index in [-0.39, 0.29) is 10.8 Å². The molecule has 2 aliphatic carbocycles. The maximum Gasteiger partial charge on any atom is 0.114 e. The van der Waals surface area contributed by atoms with E-state index < -0.39 is 0 Å². The van der Waals surface area contributed by atoms with E-state index in [1.54, 1.807) is 22.3 Å². The zero-order valence-electron chi connectivity index (χ0n) is 40.6. The fourth-order valence-electron chi connectivity index (χ4n) is 12.2. The quantitative estimate of drug-likeness (QED) is 0.0541. The van der Waals surface area contributed by atoms with Gasteiger partial charge in [-0.3, -0.25) is 0 Å². The van der Waals surface area contributed by atoms with Crippen LogP contribution in [-0.2, 0) is 10.8 Å². The van der Waals surface area contributed by atoms with Gasteiger partial charge in [-0.2, -0.15) is 8.75 Å². The fourth-order valence-corrected chi connectivity index (χ4v) is 19.1. The van der Waals surface area contributed by atoms with Gasteiger partial charge in [0.25, 0.3) is 0 Å². The van der Waals surface area contributed by atoms with Gasteiger partial charge in [0.05, 0.1) is 19.3 Å². The molecule has 0 bridgehead atoms. The summed E-state index contributed by atoms with van der Waals surface area (Å²) in [6, 6.07) is 15.2. The van der Waals surface area contributed by atoms with Crippen LogP contribution in [0.1, 0.15) is 206 Å². The van der Waals surface area contributed by atoms with Crippen LogP contribution in [0.4, 0.5) is 0 Å². The second kappa shape index (κ2) is 22.3. The number of benzene rings is 1. The second-order valence-corrected chi connectivity index (χ2v) is 27.6. The summed E-state index contributed by atoms with van der Waals surface area (Å²) in [5.74, 6) is 2.89. The maximum atomic E-state index is 5.16. The lowest BCUT2D eigenvalue weighted by atomic mass is 9.65. The molecule has 4 atom stereocenters. The molecular weight excluding hydrogens is 1020 g/mol. The number of thiophene rings is 4. The molecule has 2 aliphatic rings. The number of unbranched alkanes of at least 4 members (excludes halogenated alkanes) is 4. The number of rotatable bonds is 26. The Kier molecular flexibility index (Phi) is 17.2. The van der Waals surface area contributed by atoms with Crippen molar-refractivity contribution in [1.82, 2.24) is 8.75 Å². The molecule has 0 N–H and O–H groups in total. The van der Waals surface area contributed by atoms with Gasteiger partial charge in [-0.1, -0.05) is 170 Å². The van der Waals surface area contributed by atoms with Crippen LogP contribution in [0.15, 0.2) is 44.0 Å². The smallest absolute Gasteiger partial charge is 0.114 e. The first-order chi connectivity index (χ1) is 31.6. The molecule has 2 nitrogen and oxygen atoms in total. The van der Waals surface area contributed by atoms with Gasteiger partial charge in [0.15, 0.2) is 0 Å². The van der Waals surface area contributed by atoms with E-state index in [1.165, 1.54) is 188 Å². The van der Waals surface area contributed by atoms with Crippen LogP contribution in [0.3, 0.4) is 0 Å². The predicted octanol–water partition coefficient (Wildman–Crippen LogP) is 21.8. The van der Waals surface area contributed by atoms with Crippen LogP contribution in [-0.4, -0.2) is 8.75 Å². The summed E-state index contributed by atoms with van der Waals surface area (Å²) in [6.07, 6.45) is 25.7. The Morgan fingerprint density at radius 1 is 0.446 bits per heavy atom. The molecule has 8 rings (SSSR count). The van der Waals surface area contributed by atoms with Gasteiger partial charge in [-0.25, -0.2) is 0 Å². The number of aromatic nitrogens is 2. The molecule has 4 unspecified atom stereocenters. The molecule has 0 spiro atoms. The van der Waals surface area contributed by atoms with Crippen LogP contribution < -0.4 is 0 Å². The first kappa shape index (κ1) is 50.2. The van der Waals surface area contributed by atoms with Gasteiger partial charge in [-0.05, 0) is 128 Å². The average Bonchev–Trinajstić information content (AvgIpc) is 4.19. The van der Waals surface area contributed by atoms with Crippen molar-refractivity contribution in [1.29, 1.82) is 0 Å². The van der Waals surface area contributed by atoms with Crippen molar-refractivity contribution < 1.29 is 0 Å². The van der Waals surface area contributed by atoms with Crippen LogP contribution in [0.5, 0.6) is 0 Å². The largest absolute Gasteiger partial charge is 0.172 e. The first-order valence-corrected chi connectivity index (χ1v) is 31.3. The first-order valence-electron chi connectivity index (χ1n) is 25.8. The lowest BCUT2D eigenvalue weighted by Crippen LogP contribution is -2.31. The highest BCUT2D eigenvalue weighted by molar-refractivity contribution is 9.11. The van der Waals surface area contributed by atoms with Crippen molar-refractivity contribution in [3.8, 4) is 40.4 Å². The summed E-state index contributed by atoms with van der Waals surface area (Å²) in [5, 5.41) is 0. The van der Waals surface area contributed by atoms with Gasteiger partial charge >= 0.3 is 0 Å². The molecule has 6 aromatic rings. The molecular formula is C56H74Br2N2S5. The van der Waals surface area contributed by atoms with Crippen molar-refractivity contribution in [3.05, 3.63) is 66.2 Å². The normalized spacial score (nSPS) is 19.4. The summed E-state index contributed by atoms with van der Waals surface area (Å²) in [5.41, 5.74) is 11.2. The number of fused-ring (bicyclic) bond motifs is 7. The topological polar surface area (TPSA) is 25.8 Å². The van der Waals surface area contributed by atoms with Crippen LogP contribution in [0.25, 0.3) is 51.4 Å². The molecule has 65 heavy (non-hydrogen) atoms. The lowest BCUT2D eigenvalue weighted by molar-refractivity contribution is 0.266. The number of halogens is 2. The van der Waals surface area contributed by atoms with Crippen LogP contribution in [0, 0.1) is 23.7 Å². The third-order valence-electron chi connectivity index (χ3n) is 16.0. The summed E-state index contributed by atoms with van der Waals surface area (Å²) in [7, 11) is 0. The van der Waals surface area contributed by atoms with E-state index in [9.17, 15) is 0 Å². The van der Waals surface area contributed by atoms with Gasteiger partial charge in [0.1, 0.15) is 11.0 Å². The van der Waals surface area contributed by atoms with Gasteiger partial charge in [-0.15, -0.1) is 45.3 Å². The molecule has 0 aliphatic heterocycles. The second-order valence-electron chi connectivity index (χ2n) is 20.1. The Bertz CT molecular complexity index is 2290. The maximum absolute atomic E-state index is 5.16. The van der Waals surface area contributed by atoms with Crippen molar-refractivity contribution in [2.24, 2.45) is 23.7 Å². The molecule has 1 aromatic carbocycles. The Balaban J connectivity index is 1.23. The van der Waals surface area contributed by atoms with Gasteiger partial charge in [0, 0.05) is 51.2 Å². The molecule has 0 fully saturated rings. The summed E-state index contributed by atoms with van der Waals surface area (Å²) < 4.78 is 12.9. The Hall–Kier alpha value is -1.20. The van der Waals surface area contributed by atoms with Crippen molar-refractivity contribution in [3.63, 3.8) is 0 Å². The summed E-state index contributed by atoms with van der Waals surface area (Å²) in [4.78, 5) is 8.77. The van der Waals surface area contributed by atoms with E-state index in [0.717, 1.165) is 34.7 Å². The third kappa shape index (κ3) is 9.81. The molecule has 9 heteroatoms. The van der Waals surface area contributed by atoms with E-state index in [0.29, 0.717) is 0 Å². The van der Waals surface area contributed by atoms with E-state index in [2.05, 4.69) is 124 Å². The highest BCUT2D eigenvalue weighted by atomic mass is 79.9. The minimum atomic E-state index is 0.0461. The molecule has 0 radical (unpaired) electrons. The summed E-state index contributed by atoms with van der Waals surface area (Å²) in [6.45, 7) is 19.2.